The van der Waals surface area contributed by atoms with Crippen LogP contribution >= 0.6 is 15.9 Å². The number of hydrogen-bond donors (Lipinski definition) is 1. The van der Waals surface area contributed by atoms with E-state index in [1.165, 1.54) is 0 Å². The maximum atomic E-state index is 5.74. The standard InChI is InChI=1S/C16H16BrN5O2/c1-23-11-5-2-4-10(8-11)19-14-13-15(21-16(17)20-14)22(9-18-13)12-6-3-7-24-12/h2,4-5,8-9,12H,3,6-7H2,1H3,(H,19,20,21). The summed E-state index contributed by atoms with van der Waals surface area (Å²) in [6.45, 7) is 0.769. The molecule has 0 aliphatic carbocycles. The number of methoxy groups -OCH3 is 1. The molecule has 7 nitrogen and oxygen atoms in total. The zero-order valence-corrected chi connectivity index (χ0v) is 14.7. The average molecular weight is 390 g/mol. The first-order chi connectivity index (χ1) is 11.7. The van der Waals surface area contributed by atoms with Crippen LogP contribution in [0.1, 0.15) is 19.1 Å². The smallest absolute Gasteiger partial charge is 0.200 e. The summed E-state index contributed by atoms with van der Waals surface area (Å²) in [5.74, 6) is 1.41. The second-order valence-corrected chi connectivity index (χ2v) is 6.20. The van der Waals surface area contributed by atoms with E-state index in [0.717, 1.165) is 36.5 Å². The molecule has 1 N–H and O–H groups in total. The zero-order chi connectivity index (χ0) is 16.5. The Kier molecular flexibility index (Phi) is 4.07. The maximum Gasteiger partial charge on any atom is 0.200 e. The number of anilines is 2. The number of aromatic nitrogens is 4. The number of nitrogens with one attached hydrogen (secondary N) is 1. The van der Waals surface area contributed by atoms with Crippen molar-refractivity contribution in [1.29, 1.82) is 0 Å². The number of ether oxygens (including phenoxy) is 2. The lowest BCUT2D eigenvalue weighted by atomic mass is 10.3. The molecule has 4 rings (SSSR count). The first-order valence-electron chi connectivity index (χ1n) is 7.67. The van der Waals surface area contributed by atoms with Crippen molar-refractivity contribution in [3.05, 3.63) is 35.3 Å². The van der Waals surface area contributed by atoms with Gasteiger partial charge in [-0.05, 0) is 40.9 Å². The van der Waals surface area contributed by atoms with Crippen LogP contribution in [0.2, 0.25) is 0 Å². The molecule has 1 saturated heterocycles. The molecule has 0 spiro atoms. The predicted molar refractivity (Wildman–Crippen MR) is 93.5 cm³/mol. The minimum Gasteiger partial charge on any atom is -0.497 e. The molecule has 8 heteroatoms. The molecule has 3 heterocycles. The molecule has 0 radical (unpaired) electrons. The van der Waals surface area contributed by atoms with Crippen LogP contribution in [0.3, 0.4) is 0 Å². The molecule has 1 aliphatic rings. The van der Waals surface area contributed by atoms with E-state index in [0.29, 0.717) is 16.1 Å². The van der Waals surface area contributed by atoms with E-state index < -0.39 is 0 Å². The van der Waals surface area contributed by atoms with Gasteiger partial charge in [0.2, 0.25) is 4.73 Å². The molecule has 0 saturated carbocycles. The third-order valence-corrected chi connectivity index (χ3v) is 4.30. The normalized spacial score (nSPS) is 17.3. The lowest BCUT2D eigenvalue weighted by molar-refractivity contribution is 0.0592. The van der Waals surface area contributed by atoms with Gasteiger partial charge in [0.15, 0.2) is 17.0 Å². The number of halogens is 1. The second-order valence-electron chi connectivity index (χ2n) is 5.49. The van der Waals surface area contributed by atoms with E-state index in [1.807, 2.05) is 28.8 Å². The lowest BCUT2D eigenvalue weighted by Crippen LogP contribution is -2.07. The van der Waals surface area contributed by atoms with Crippen LogP contribution in [-0.2, 0) is 4.74 Å². The Labute approximate surface area is 147 Å². The van der Waals surface area contributed by atoms with E-state index in [-0.39, 0.29) is 6.23 Å². The number of hydrogen-bond acceptors (Lipinski definition) is 6. The lowest BCUT2D eigenvalue weighted by Gasteiger charge is -2.12. The maximum absolute atomic E-state index is 5.74. The molecule has 1 aliphatic heterocycles. The van der Waals surface area contributed by atoms with Crippen LogP contribution in [-0.4, -0.2) is 33.2 Å². The molecule has 1 atom stereocenters. The fourth-order valence-electron chi connectivity index (χ4n) is 2.81. The summed E-state index contributed by atoms with van der Waals surface area (Å²) >= 11 is 3.38. The second kappa shape index (κ2) is 6.37. The van der Waals surface area contributed by atoms with Crippen LogP contribution < -0.4 is 10.1 Å². The summed E-state index contributed by atoms with van der Waals surface area (Å²) in [7, 11) is 1.64. The van der Waals surface area contributed by atoms with Gasteiger partial charge in [-0.15, -0.1) is 0 Å². The van der Waals surface area contributed by atoms with Crippen molar-refractivity contribution in [1.82, 2.24) is 19.5 Å². The van der Waals surface area contributed by atoms with Gasteiger partial charge in [-0.3, -0.25) is 4.57 Å². The first kappa shape index (κ1) is 15.3. The fourth-order valence-corrected chi connectivity index (χ4v) is 3.15. The third kappa shape index (κ3) is 2.83. The van der Waals surface area contributed by atoms with Gasteiger partial charge >= 0.3 is 0 Å². The molecule has 0 amide bonds. The van der Waals surface area contributed by atoms with Crippen LogP contribution in [0.5, 0.6) is 5.75 Å². The summed E-state index contributed by atoms with van der Waals surface area (Å²) in [4.78, 5) is 13.4. The van der Waals surface area contributed by atoms with Crippen LogP contribution in [0.15, 0.2) is 35.3 Å². The molecule has 124 valence electrons. The van der Waals surface area contributed by atoms with E-state index >= 15 is 0 Å². The summed E-state index contributed by atoms with van der Waals surface area (Å²) in [6.07, 6.45) is 3.76. The van der Waals surface area contributed by atoms with Crippen LogP contribution in [0.4, 0.5) is 11.5 Å². The average Bonchev–Trinajstić information content (AvgIpc) is 3.24. The quantitative estimate of drug-likeness (QED) is 0.686. The Hall–Kier alpha value is -2.19. The number of nitrogens with zero attached hydrogens (tertiary/aromatic N) is 4. The molecule has 3 aromatic rings. The van der Waals surface area contributed by atoms with Gasteiger partial charge in [0.05, 0.1) is 13.4 Å². The van der Waals surface area contributed by atoms with Crippen LogP contribution in [0, 0.1) is 0 Å². The number of imidazole rings is 1. The predicted octanol–water partition coefficient (Wildman–Crippen LogP) is 3.65. The highest BCUT2D eigenvalue weighted by atomic mass is 79.9. The number of rotatable bonds is 4. The van der Waals surface area contributed by atoms with Gasteiger partial charge < -0.3 is 14.8 Å². The van der Waals surface area contributed by atoms with Gasteiger partial charge in [0, 0.05) is 18.4 Å². The van der Waals surface area contributed by atoms with E-state index in [9.17, 15) is 0 Å². The fraction of sp³-hybridized carbons (Fsp3) is 0.312. The van der Waals surface area contributed by atoms with Gasteiger partial charge in [-0.25, -0.2) is 15.0 Å². The van der Waals surface area contributed by atoms with E-state index in [1.54, 1.807) is 13.4 Å². The van der Waals surface area contributed by atoms with E-state index in [2.05, 4.69) is 36.2 Å². The van der Waals surface area contributed by atoms with Crippen molar-refractivity contribution in [2.45, 2.75) is 19.1 Å². The highest BCUT2D eigenvalue weighted by molar-refractivity contribution is 9.10. The molecule has 24 heavy (non-hydrogen) atoms. The van der Waals surface area contributed by atoms with Gasteiger partial charge in [0.25, 0.3) is 0 Å². The third-order valence-electron chi connectivity index (χ3n) is 3.94. The highest BCUT2D eigenvalue weighted by Gasteiger charge is 2.22. The zero-order valence-electron chi connectivity index (χ0n) is 13.1. The monoisotopic (exact) mass is 389 g/mol. The van der Waals surface area contributed by atoms with Crippen molar-refractivity contribution in [3.63, 3.8) is 0 Å². The summed E-state index contributed by atoms with van der Waals surface area (Å²) < 4.78 is 13.5. The Morgan fingerprint density at radius 2 is 2.29 bits per heavy atom. The minimum absolute atomic E-state index is 0.0125. The molecule has 1 unspecified atom stereocenters. The Bertz CT molecular complexity index is 876. The van der Waals surface area contributed by atoms with Crippen LogP contribution in [0.25, 0.3) is 11.2 Å². The SMILES string of the molecule is COc1cccc(Nc2nc(Br)nc3c2ncn3C2CCCO2)c1. The van der Waals surface area contributed by atoms with Crippen molar-refractivity contribution in [2.75, 3.05) is 19.0 Å². The number of fused-ring (bicyclic) bond motifs is 1. The molecular weight excluding hydrogens is 374 g/mol. The highest BCUT2D eigenvalue weighted by Crippen LogP contribution is 2.30. The largest absolute Gasteiger partial charge is 0.497 e. The molecule has 1 aromatic carbocycles. The van der Waals surface area contributed by atoms with Crippen molar-refractivity contribution in [3.8, 4) is 5.75 Å². The Balaban J connectivity index is 1.74. The minimum atomic E-state index is -0.0125. The molecule has 2 aromatic heterocycles. The molecular formula is C16H16BrN5O2. The Morgan fingerprint density at radius 1 is 1.38 bits per heavy atom. The summed E-state index contributed by atoms with van der Waals surface area (Å²) in [5, 5.41) is 3.29. The summed E-state index contributed by atoms with van der Waals surface area (Å²) in [6, 6.07) is 7.66. The van der Waals surface area contributed by atoms with Crippen molar-refractivity contribution < 1.29 is 9.47 Å². The van der Waals surface area contributed by atoms with Crippen molar-refractivity contribution in [2.24, 2.45) is 0 Å². The van der Waals surface area contributed by atoms with Gasteiger partial charge in [-0.1, -0.05) is 6.07 Å². The van der Waals surface area contributed by atoms with Gasteiger partial charge in [-0.2, -0.15) is 0 Å². The summed E-state index contributed by atoms with van der Waals surface area (Å²) in [5.41, 5.74) is 2.32. The van der Waals surface area contributed by atoms with Gasteiger partial charge in [0.1, 0.15) is 12.0 Å². The topological polar surface area (TPSA) is 74.1 Å². The molecule has 0 bridgehead atoms. The van der Waals surface area contributed by atoms with E-state index in [4.69, 9.17) is 9.47 Å². The van der Waals surface area contributed by atoms with Crippen molar-refractivity contribution >= 4 is 38.6 Å². The molecule has 1 fully saturated rings. The number of benzene rings is 1. The first-order valence-corrected chi connectivity index (χ1v) is 8.46. The Morgan fingerprint density at radius 3 is 3.08 bits per heavy atom.